The Morgan fingerprint density at radius 2 is 1.94 bits per heavy atom. The van der Waals surface area contributed by atoms with Crippen LogP contribution in [0.2, 0.25) is 0 Å². The summed E-state index contributed by atoms with van der Waals surface area (Å²) < 4.78 is 11.2. The van der Waals surface area contributed by atoms with Gasteiger partial charge in [-0.15, -0.1) is 0 Å². The molecule has 4 rings (SSSR count). The fraction of sp³-hybridized carbons (Fsp3) is 0.520. The van der Waals surface area contributed by atoms with Crippen molar-refractivity contribution < 1.29 is 18.7 Å². The number of benzene rings is 1. The molecule has 1 aliphatic heterocycles. The molecule has 2 fully saturated rings. The lowest BCUT2D eigenvalue weighted by Crippen LogP contribution is -2.47. The van der Waals surface area contributed by atoms with Crippen LogP contribution in [-0.4, -0.2) is 53.5 Å². The first kappa shape index (κ1) is 21.6. The molecule has 0 bridgehead atoms. The van der Waals surface area contributed by atoms with Gasteiger partial charge in [-0.25, -0.2) is 0 Å². The number of rotatable bonds is 9. The fourth-order valence-electron chi connectivity index (χ4n) is 4.39. The molecule has 0 unspecified atom stereocenters. The van der Waals surface area contributed by atoms with Crippen molar-refractivity contribution in [3.8, 4) is 0 Å². The van der Waals surface area contributed by atoms with E-state index in [-0.39, 0.29) is 42.3 Å². The van der Waals surface area contributed by atoms with Crippen molar-refractivity contribution in [1.29, 1.82) is 0 Å². The number of hydrogen-bond donors (Lipinski definition) is 0. The van der Waals surface area contributed by atoms with Crippen molar-refractivity contribution in [2.45, 2.75) is 57.7 Å². The summed E-state index contributed by atoms with van der Waals surface area (Å²) >= 11 is 0. The first-order valence-corrected chi connectivity index (χ1v) is 11.3. The molecule has 1 aromatic heterocycles. The Balaban J connectivity index is 1.42. The molecule has 6 heteroatoms. The van der Waals surface area contributed by atoms with E-state index in [0.717, 1.165) is 31.6 Å². The zero-order valence-corrected chi connectivity index (χ0v) is 18.4. The van der Waals surface area contributed by atoms with Crippen molar-refractivity contribution >= 4 is 11.8 Å². The summed E-state index contributed by atoms with van der Waals surface area (Å²) in [5, 5.41) is 0. The Labute approximate surface area is 184 Å². The number of carbonyl (C=O) groups is 2. The molecular weight excluding hydrogens is 392 g/mol. The van der Waals surface area contributed by atoms with Gasteiger partial charge in [0.25, 0.3) is 0 Å². The van der Waals surface area contributed by atoms with Gasteiger partial charge in [-0.1, -0.05) is 30.3 Å². The summed E-state index contributed by atoms with van der Waals surface area (Å²) in [6.07, 6.45) is 4.49. The van der Waals surface area contributed by atoms with Gasteiger partial charge in [0.15, 0.2) is 0 Å². The van der Waals surface area contributed by atoms with E-state index in [4.69, 9.17) is 9.15 Å². The minimum Gasteiger partial charge on any atom is -0.467 e. The van der Waals surface area contributed by atoms with Crippen molar-refractivity contribution in [3.63, 3.8) is 0 Å². The highest BCUT2D eigenvalue weighted by Crippen LogP contribution is 2.48. The van der Waals surface area contributed by atoms with Crippen LogP contribution in [-0.2, 0) is 20.9 Å². The normalized spacial score (nSPS) is 22.5. The second kappa shape index (κ2) is 9.69. The monoisotopic (exact) mass is 424 g/mol. The average Bonchev–Trinajstić information content (AvgIpc) is 3.11. The maximum absolute atomic E-state index is 13.3. The van der Waals surface area contributed by atoms with E-state index < -0.39 is 0 Å². The summed E-state index contributed by atoms with van der Waals surface area (Å²) in [5.41, 5.74) is 1.20. The van der Waals surface area contributed by atoms with Gasteiger partial charge in [0.2, 0.25) is 11.8 Å². The van der Waals surface area contributed by atoms with Crippen LogP contribution >= 0.6 is 0 Å². The minimum absolute atomic E-state index is 0.0331. The van der Waals surface area contributed by atoms with Crippen LogP contribution in [0.1, 0.15) is 50.4 Å². The highest BCUT2D eigenvalue weighted by molar-refractivity contribution is 5.88. The Hall–Kier alpha value is -2.60. The van der Waals surface area contributed by atoms with Crippen LogP contribution < -0.4 is 0 Å². The summed E-state index contributed by atoms with van der Waals surface area (Å²) in [7, 11) is 0. The number of amides is 2. The molecule has 6 nitrogen and oxygen atoms in total. The fourth-order valence-corrected chi connectivity index (χ4v) is 4.39. The number of nitrogens with zero attached hydrogens (tertiary/aromatic N) is 2. The van der Waals surface area contributed by atoms with Crippen LogP contribution in [0.3, 0.4) is 0 Å². The van der Waals surface area contributed by atoms with E-state index in [1.165, 1.54) is 5.56 Å². The van der Waals surface area contributed by atoms with Gasteiger partial charge in [0.05, 0.1) is 18.9 Å². The molecule has 2 amide bonds. The van der Waals surface area contributed by atoms with Gasteiger partial charge in [-0.2, -0.15) is 0 Å². The van der Waals surface area contributed by atoms with Crippen molar-refractivity contribution in [2.24, 2.45) is 5.92 Å². The third-order valence-corrected chi connectivity index (χ3v) is 6.27. The van der Waals surface area contributed by atoms with E-state index in [1.807, 2.05) is 44.2 Å². The molecule has 1 saturated carbocycles. The molecule has 2 aliphatic rings. The maximum atomic E-state index is 13.3. The van der Waals surface area contributed by atoms with Gasteiger partial charge in [-0.05, 0) is 56.7 Å². The van der Waals surface area contributed by atoms with Crippen molar-refractivity contribution in [3.05, 3.63) is 60.1 Å². The summed E-state index contributed by atoms with van der Waals surface area (Å²) in [5.74, 6) is 0.976. The highest BCUT2D eigenvalue weighted by atomic mass is 16.5. The second-order valence-electron chi connectivity index (χ2n) is 8.91. The lowest BCUT2D eigenvalue weighted by Gasteiger charge is -2.31. The molecule has 1 aromatic carbocycles. The Kier molecular flexibility index (Phi) is 6.76. The predicted molar refractivity (Wildman–Crippen MR) is 117 cm³/mol. The molecule has 0 N–H and O–H groups in total. The molecule has 1 aliphatic carbocycles. The smallest absolute Gasteiger partial charge is 0.242 e. The largest absolute Gasteiger partial charge is 0.467 e. The van der Waals surface area contributed by atoms with E-state index in [1.54, 1.807) is 16.1 Å². The number of carbonyl (C=O) groups excluding carboxylic acids is 2. The molecule has 0 radical (unpaired) electrons. The molecule has 31 heavy (non-hydrogen) atoms. The molecule has 166 valence electrons. The lowest BCUT2D eigenvalue weighted by molar-refractivity contribution is -0.144. The highest BCUT2D eigenvalue weighted by Gasteiger charge is 2.46. The zero-order valence-electron chi connectivity index (χ0n) is 18.4. The third-order valence-electron chi connectivity index (χ3n) is 6.27. The van der Waals surface area contributed by atoms with E-state index >= 15 is 0 Å². The van der Waals surface area contributed by atoms with E-state index in [2.05, 4.69) is 12.1 Å². The van der Waals surface area contributed by atoms with Gasteiger partial charge in [-0.3, -0.25) is 9.59 Å². The lowest BCUT2D eigenvalue weighted by atomic mass is 10.1. The number of hydrogen-bond acceptors (Lipinski definition) is 4. The molecule has 1 saturated heterocycles. The van der Waals surface area contributed by atoms with Crippen molar-refractivity contribution in [2.75, 3.05) is 19.7 Å². The minimum atomic E-state index is -0.0640. The topological polar surface area (TPSA) is 63.0 Å². The Bertz CT molecular complexity index is 859. The Morgan fingerprint density at radius 3 is 2.58 bits per heavy atom. The van der Waals surface area contributed by atoms with Gasteiger partial charge in [0.1, 0.15) is 12.3 Å². The van der Waals surface area contributed by atoms with Gasteiger partial charge < -0.3 is 19.0 Å². The summed E-state index contributed by atoms with van der Waals surface area (Å²) in [4.78, 5) is 30.1. The first-order chi connectivity index (χ1) is 15.0. The van der Waals surface area contributed by atoms with E-state index in [0.29, 0.717) is 13.1 Å². The molecule has 2 heterocycles. The summed E-state index contributed by atoms with van der Waals surface area (Å²) in [6.45, 7) is 5.69. The quantitative estimate of drug-likeness (QED) is 0.614. The average molecular weight is 425 g/mol. The van der Waals surface area contributed by atoms with Crippen LogP contribution in [0.25, 0.3) is 0 Å². The maximum Gasteiger partial charge on any atom is 0.242 e. The zero-order chi connectivity index (χ0) is 21.8. The molecular formula is C25H32N2O4. The SMILES string of the molecule is CC(C)N(CC(=O)N(Cc1ccco1)C[C@@H]1CCCO1)C(=O)[C@@H]1C[C@H]1c1ccccc1. The standard InChI is InChI=1S/C25H32N2O4/c1-18(2)27(25(29)23-14-22(23)19-8-4-3-5-9-19)17-24(28)26(15-20-10-6-12-30-20)16-21-11-7-13-31-21/h3-6,8-10,12,18,21-23H,7,11,13-17H2,1-2H3/t21-,22-,23+/m0/s1. The van der Waals surface area contributed by atoms with Crippen LogP contribution in [0.15, 0.2) is 53.1 Å². The van der Waals surface area contributed by atoms with Crippen LogP contribution in [0, 0.1) is 5.92 Å². The van der Waals surface area contributed by atoms with E-state index in [9.17, 15) is 9.59 Å². The number of ether oxygens (including phenoxy) is 1. The van der Waals surface area contributed by atoms with Gasteiger partial charge in [0, 0.05) is 25.1 Å². The van der Waals surface area contributed by atoms with Crippen LogP contribution in [0.4, 0.5) is 0 Å². The van der Waals surface area contributed by atoms with Gasteiger partial charge >= 0.3 is 0 Å². The first-order valence-electron chi connectivity index (χ1n) is 11.3. The molecule has 0 spiro atoms. The molecule has 2 aromatic rings. The van der Waals surface area contributed by atoms with Crippen LogP contribution in [0.5, 0.6) is 0 Å². The third kappa shape index (κ3) is 5.37. The molecule has 3 atom stereocenters. The summed E-state index contributed by atoms with van der Waals surface area (Å²) in [6, 6.07) is 13.8. The Morgan fingerprint density at radius 1 is 1.13 bits per heavy atom. The number of furan rings is 1. The predicted octanol–water partition coefficient (Wildman–Crippen LogP) is 3.83. The second-order valence-corrected chi connectivity index (χ2v) is 8.91. The van der Waals surface area contributed by atoms with Crippen molar-refractivity contribution in [1.82, 2.24) is 9.80 Å².